The number of aryl methyl sites for hydroxylation is 1. The minimum atomic E-state index is -0.608. The SMILES string of the molecule is COC1(C(O)c2cccc3c2OCCC3)CCC(C)CC1. The van der Waals surface area contributed by atoms with Crippen LogP contribution in [0, 0.1) is 5.92 Å². The van der Waals surface area contributed by atoms with Crippen LogP contribution in [0.5, 0.6) is 5.75 Å². The second-order valence-corrected chi connectivity index (χ2v) is 6.64. The van der Waals surface area contributed by atoms with Gasteiger partial charge in [-0.2, -0.15) is 0 Å². The van der Waals surface area contributed by atoms with Crippen LogP contribution >= 0.6 is 0 Å². The fraction of sp³-hybridized carbons (Fsp3) is 0.667. The van der Waals surface area contributed by atoms with E-state index in [1.165, 1.54) is 5.56 Å². The zero-order valence-electron chi connectivity index (χ0n) is 13.1. The van der Waals surface area contributed by atoms with Crippen molar-refractivity contribution < 1.29 is 14.6 Å². The normalized spacial score (nSPS) is 30.3. The van der Waals surface area contributed by atoms with Gasteiger partial charge in [0.15, 0.2) is 0 Å². The molecule has 0 saturated heterocycles. The van der Waals surface area contributed by atoms with Gasteiger partial charge in [0, 0.05) is 12.7 Å². The van der Waals surface area contributed by atoms with Crippen LogP contribution in [-0.4, -0.2) is 24.4 Å². The molecule has 0 spiro atoms. The Morgan fingerprint density at radius 2 is 2.10 bits per heavy atom. The number of benzene rings is 1. The van der Waals surface area contributed by atoms with Gasteiger partial charge in [-0.3, -0.25) is 0 Å². The van der Waals surface area contributed by atoms with Gasteiger partial charge in [-0.1, -0.05) is 25.1 Å². The van der Waals surface area contributed by atoms with Gasteiger partial charge in [0.1, 0.15) is 11.9 Å². The van der Waals surface area contributed by atoms with E-state index >= 15 is 0 Å². The Balaban J connectivity index is 1.92. The van der Waals surface area contributed by atoms with Crippen LogP contribution in [0.4, 0.5) is 0 Å². The molecule has 3 heteroatoms. The van der Waals surface area contributed by atoms with Crippen LogP contribution in [0.15, 0.2) is 18.2 Å². The summed E-state index contributed by atoms with van der Waals surface area (Å²) in [4.78, 5) is 0. The number of aliphatic hydroxyl groups excluding tert-OH is 1. The van der Waals surface area contributed by atoms with Gasteiger partial charge in [-0.05, 0) is 50.0 Å². The van der Waals surface area contributed by atoms with E-state index in [2.05, 4.69) is 13.0 Å². The summed E-state index contributed by atoms with van der Waals surface area (Å²) >= 11 is 0. The van der Waals surface area contributed by atoms with Crippen LogP contribution in [0.1, 0.15) is 56.3 Å². The summed E-state index contributed by atoms with van der Waals surface area (Å²) in [6.45, 7) is 3.02. The Labute approximate surface area is 127 Å². The molecule has 0 bridgehead atoms. The van der Waals surface area contributed by atoms with Crippen LogP contribution < -0.4 is 4.74 Å². The highest BCUT2D eigenvalue weighted by atomic mass is 16.5. The lowest BCUT2D eigenvalue weighted by Gasteiger charge is -2.42. The number of methoxy groups -OCH3 is 1. The maximum absolute atomic E-state index is 11.0. The predicted molar refractivity (Wildman–Crippen MR) is 82.6 cm³/mol. The molecule has 1 unspecified atom stereocenters. The molecule has 1 N–H and O–H groups in total. The van der Waals surface area contributed by atoms with Crippen LogP contribution in [0.2, 0.25) is 0 Å². The third-order valence-electron chi connectivity index (χ3n) is 5.28. The lowest BCUT2D eigenvalue weighted by atomic mass is 9.74. The molecule has 0 amide bonds. The third-order valence-corrected chi connectivity index (χ3v) is 5.28. The van der Waals surface area contributed by atoms with Crippen molar-refractivity contribution in [3.05, 3.63) is 29.3 Å². The molecule has 1 aromatic rings. The van der Waals surface area contributed by atoms with Gasteiger partial charge in [-0.25, -0.2) is 0 Å². The quantitative estimate of drug-likeness (QED) is 0.923. The number of aliphatic hydroxyl groups is 1. The molecule has 1 aromatic carbocycles. The van der Waals surface area contributed by atoms with Gasteiger partial charge in [-0.15, -0.1) is 0 Å². The second-order valence-electron chi connectivity index (χ2n) is 6.64. The third kappa shape index (κ3) is 2.69. The van der Waals surface area contributed by atoms with E-state index in [1.54, 1.807) is 7.11 Å². The minimum absolute atomic E-state index is 0.456. The highest BCUT2D eigenvalue weighted by Crippen LogP contribution is 2.46. The van der Waals surface area contributed by atoms with Crippen LogP contribution in [0.3, 0.4) is 0 Å². The molecule has 1 aliphatic heterocycles. The first-order chi connectivity index (χ1) is 10.2. The maximum Gasteiger partial charge on any atom is 0.128 e. The van der Waals surface area contributed by atoms with Gasteiger partial charge < -0.3 is 14.6 Å². The first kappa shape index (κ1) is 14.9. The lowest BCUT2D eigenvalue weighted by Crippen LogP contribution is -2.42. The van der Waals surface area contributed by atoms with Crippen molar-refractivity contribution in [3.63, 3.8) is 0 Å². The fourth-order valence-corrected chi connectivity index (χ4v) is 3.75. The fourth-order valence-electron chi connectivity index (χ4n) is 3.75. The number of ether oxygens (including phenoxy) is 2. The molecule has 0 radical (unpaired) electrons. The molecule has 116 valence electrons. The summed E-state index contributed by atoms with van der Waals surface area (Å²) in [5.41, 5.74) is 1.67. The Hall–Kier alpha value is -1.06. The second kappa shape index (κ2) is 5.98. The van der Waals surface area contributed by atoms with E-state index in [4.69, 9.17) is 9.47 Å². The number of para-hydroxylation sites is 1. The van der Waals surface area contributed by atoms with Gasteiger partial charge >= 0.3 is 0 Å². The lowest BCUT2D eigenvalue weighted by molar-refractivity contribution is -0.131. The van der Waals surface area contributed by atoms with Crippen molar-refractivity contribution in [1.82, 2.24) is 0 Å². The van der Waals surface area contributed by atoms with E-state index in [-0.39, 0.29) is 0 Å². The van der Waals surface area contributed by atoms with Gasteiger partial charge in [0.2, 0.25) is 0 Å². The zero-order valence-corrected chi connectivity index (χ0v) is 13.1. The van der Waals surface area contributed by atoms with Crippen molar-refractivity contribution >= 4 is 0 Å². The van der Waals surface area contributed by atoms with Gasteiger partial charge in [0.25, 0.3) is 0 Å². The molecule has 21 heavy (non-hydrogen) atoms. The number of hydrogen-bond donors (Lipinski definition) is 1. The molecule has 2 aliphatic rings. The molecule has 3 rings (SSSR count). The van der Waals surface area contributed by atoms with Crippen molar-refractivity contribution in [2.75, 3.05) is 13.7 Å². The van der Waals surface area contributed by atoms with Crippen LogP contribution in [-0.2, 0) is 11.2 Å². The Kier molecular flexibility index (Phi) is 4.23. The first-order valence-corrected chi connectivity index (χ1v) is 8.14. The minimum Gasteiger partial charge on any atom is -0.493 e. The van der Waals surface area contributed by atoms with E-state index in [0.29, 0.717) is 0 Å². The van der Waals surface area contributed by atoms with Crippen molar-refractivity contribution in [3.8, 4) is 5.75 Å². The van der Waals surface area contributed by atoms with E-state index < -0.39 is 11.7 Å². The summed E-state index contributed by atoms with van der Waals surface area (Å²) in [6, 6.07) is 6.13. The van der Waals surface area contributed by atoms with Crippen molar-refractivity contribution in [2.24, 2.45) is 5.92 Å². The van der Waals surface area contributed by atoms with E-state index in [0.717, 1.165) is 62.4 Å². The Morgan fingerprint density at radius 1 is 1.33 bits per heavy atom. The molecule has 1 aliphatic carbocycles. The van der Waals surface area contributed by atoms with Crippen molar-refractivity contribution in [1.29, 1.82) is 0 Å². The van der Waals surface area contributed by atoms with Crippen molar-refractivity contribution in [2.45, 2.75) is 57.2 Å². The molecule has 0 aromatic heterocycles. The van der Waals surface area contributed by atoms with E-state index in [1.807, 2.05) is 12.1 Å². The topological polar surface area (TPSA) is 38.7 Å². The number of rotatable bonds is 3. The average molecular weight is 290 g/mol. The molecular weight excluding hydrogens is 264 g/mol. The Bertz CT molecular complexity index is 489. The standard InChI is InChI=1S/C18H26O3/c1-13-8-10-18(20-2,11-9-13)17(19)15-7-3-5-14-6-4-12-21-16(14)15/h3,5,7,13,17,19H,4,6,8-12H2,1-2H3. The number of fused-ring (bicyclic) bond motifs is 1. The molecule has 1 saturated carbocycles. The summed E-state index contributed by atoms with van der Waals surface area (Å²) in [6.07, 6.45) is 5.53. The van der Waals surface area contributed by atoms with Crippen LogP contribution in [0.25, 0.3) is 0 Å². The monoisotopic (exact) mass is 290 g/mol. The first-order valence-electron chi connectivity index (χ1n) is 8.14. The summed E-state index contributed by atoms with van der Waals surface area (Å²) in [5, 5.41) is 11.0. The zero-order chi connectivity index (χ0) is 14.9. The predicted octanol–water partition coefficient (Wildman–Crippen LogP) is 3.64. The smallest absolute Gasteiger partial charge is 0.128 e. The molecule has 1 fully saturated rings. The largest absolute Gasteiger partial charge is 0.493 e. The van der Waals surface area contributed by atoms with E-state index in [9.17, 15) is 5.11 Å². The summed E-state index contributed by atoms with van der Waals surface area (Å²) in [5.74, 6) is 1.62. The Morgan fingerprint density at radius 3 is 2.81 bits per heavy atom. The molecule has 1 atom stereocenters. The maximum atomic E-state index is 11.0. The molecular formula is C18H26O3. The molecule has 3 nitrogen and oxygen atoms in total. The summed E-state index contributed by atoms with van der Waals surface area (Å²) < 4.78 is 11.7. The highest BCUT2D eigenvalue weighted by molar-refractivity contribution is 5.45. The summed E-state index contributed by atoms with van der Waals surface area (Å²) in [7, 11) is 1.73. The molecule has 1 heterocycles. The number of hydrogen-bond acceptors (Lipinski definition) is 3. The average Bonchev–Trinajstić information content (AvgIpc) is 2.55. The highest BCUT2D eigenvalue weighted by Gasteiger charge is 2.43. The van der Waals surface area contributed by atoms with Gasteiger partial charge in [0.05, 0.1) is 12.2 Å².